The summed E-state index contributed by atoms with van der Waals surface area (Å²) >= 11 is 3.39. The second-order valence-corrected chi connectivity index (χ2v) is 4.18. The molecule has 0 saturated carbocycles. The number of alkyl halides is 1. The van der Waals surface area contributed by atoms with Crippen LogP contribution in [0, 0.1) is 0 Å². The molecule has 1 heterocycles. The maximum Gasteiger partial charge on any atom is 0.0733 e. The SMILES string of the molecule is BrCc1cnnn1CCOCc1ccccc1. The summed E-state index contributed by atoms with van der Waals surface area (Å²) in [6.45, 7) is 2.01. The summed E-state index contributed by atoms with van der Waals surface area (Å²) in [5.74, 6) is 0. The Morgan fingerprint density at radius 1 is 1.24 bits per heavy atom. The maximum absolute atomic E-state index is 5.59. The third kappa shape index (κ3) is 3.64. The lowest BCUT2D eigenvalue weighted by Gasteiger charge is -2.05. The number of aromatic nitrogens is 3. The number of benzene rings is 1. The highest BCUT2D eigenvalue weighted by molar-refractivity contribution is 9.08. The minimum absolute atomic E-state index is 0.637. The number of rotatable bonds is 6. The smallest absolute Gasteiger partial charge is 0.0733 e. The van der Waals surface area contributed by atoms with Gasteiger partial charge in [-0.3, -0.25) is 0 Å². The quantitative estimate of drug-likeness (QED) is 0.607. The van der Waals surface area contributed by atoms with E-state index in [0.29, 0.717) is 13.2 Å². The van der Waals surface area contributed by atoms with Gasteiger partial charge < -0.3 is 4.74 Å². The molecule has 0 fully saturated rings. The summed E-state index contributed by atoms with van der Waals surface area (Å²) in [5, 5.41) is 8.61. The van der Waals surface area contributed by atoms with Crippen LogP contribution in [0.15, 0.2) is 36.5 Å². The zero-order valence-corrected chi connectivity index (χ0v) is 11.0. The number of hydrogen-bond donors (Lipinski definition) is 0. The predicted molar refractivity (Wildman–Crippen MR) is 68.8 cm³/mol. The first-order valence-corrected chi connectivity index (χ1v) is 6.57. The molecular weight excluding hydrogens is 282 g/mol. The molecule has 0 amide bonds. The van der Waals surface area contributed by atoms with Crippen molar-refractivity contribution in [3.05, 3.63) is 47.8 Å². The van der Waals surface area contributed by atoms with Crippen LogP contribution in [0.5, 0.6) is 0 Å². The van der Waals surface area contributed by atoms with Gasteiger partial charge in [0.1, 0.15) is 0 Å². The number of nitrogens with zero attached hydrogens (tertiary/aromatic N) is 3. The average Bonchev–Trinajstić information content (AvgIpc) is 2.83. The monoisotopic (exact) mass is 295 g/mol. The van der Waals surface area contributed by atoms with Crippen molar-refractivity contribution in [1.29, 1.82) is 0 Å². The minimum Gasteiger partial charge on any atom is -0.375 e. The Morgan fingerprint density at radius 3 is 2.82 bits per heavy atom. The van der Waals surface area contributed by atoms with Gasteiger partial charge in [0.05, 0.1) is 31.6 Å². The summed E-state index contributed by atoms with van der Waals surface area (Å²) in [6, 6.07) is 10.1. The van der Waals surface area contributed by atoms with Crippen LogP contribution in [-0.4, -0.2) is 21.6 Å². The second kappa shape index (κ2) is 6.51. The summed E-state index contributed by atoms with van der Waals surface area (Å²) < 4.78 is 7.44. The summed E-state index contributed by atoms with van der Waals surface area (Å²) in [7, 11) is 0. The molecule has 4 nitrogen and oxygen atoms in total. The summed E-state index contributed by atoms with van der Waals surface area (Å²) in [6.07, 6.45) is 1.76. The van der Waals surface area contributed by atoms with Gasteiger partial charge in [-0.15, -0.1) is 5.10 Å². The highest BCUT2D eigenvalue weighted by atomic mass is 79.9. The molecule has 0 radical (unpaired) electrons. The molecule has 0 saturated heterocycles. The Bertz CT molecular complexity index is 444. The lowest BCUT2D eigenvalue weighted by Crippen LogP contribution is -2.10. The van der Waals surface area contributed by atoms with Gasteiger partial charge in [0.2, 0.25) is 0 Å². The highest BCUT2D eigenvalue weighted by Gasteiger charge is 2.01. The number of ether oxygens (including phenoxy) is 1. The first-order chi connectivity index (χ1) is 8.40. The van der Waals surface area contributed by atoms with Gasteiger partial charge in [-0.1, -0.05) is 51.5 Å². The third-order valence-electron chi connectivity index (χ3n) is 2.39. The molecular formula is C12H14BrN3O. The Morgan fingerprint density at radius 2 is 2.06 bits per heavy atom. The first-order valence-electron chi connectivity index (χ1n) is 5.45. The van der Waals surface area contributed by atoms with Crippen LogP contribution >= 0.6 is 15.9 Å². The van der Waals surface area contributed by atoms with Crippen molar-refractivity contribution in [3.63, 3.8) is 0 Å². The highest BCUT2D eigenvalue weighted by Crippen LogP contribution is 2.03. The van der Waals surface area contributed by atoms with Crippen LogP contribution < -0.4 is 0 Å². The van der Waals surface area contributed by atoms with Crippen LogP contribution in [0.3, 0.4) is 0 Å². The van der Waals surface area contributed by atoms with E-state index in [0.717, 1.165) is 17.6 Å². The molecule has 90 valence electrons. The van der Waals surface area contributed by atoms with Crippen molar-refractivity contribution < 1.29 is 4.74 Å². The van der Waals surface area contributed by atoms with Gasteiger partial charge >= 0.3 is 0 Å². The van der Waals surface area contributed by atoms with Crippen LogP contribution in [0.25, 0.3) is 0 Å². The molecule has 0 aliphatic rings. The average molecular weight is 296 g/mol. The van der Waals surface area contributed by atoms with E-state index in [-0.39, 0.29) is 0 Å². The predicted octanol–water partition coefficient (Wildman–Crippen LogP) is 2.39. The van der Waals surface area contributed by atoms with Gasteiger partial charge in [0.15, 0.2) is 0 Å². The molecule has 0 N–H and O–H groups in total. The molecule has 5 heteroatoms. The van der Waals surface area contributed by atoms with E-state index in [2.05, 4.69) is 38.4 Å². The topological polar surface area (TPSA) is 39.9 Å². The lowest BCUT2D eigenvalue weighted by molar-refractivity contribution is 0.110. The van der Waals surface area contributed by atoms with Crippen molar-refractivity contribution in [2.24, 2.45) is 0 Å². The van der Waals surface area contributed by atoms with Crippen molar-refractivity contribution in [2.45, 2.75) is 18.5 Å². The molecule has 17 heavy (non-hydrogen) atoms. The van der Waals surface area contributed by atoms with Crippen molar-refractivity contribution in [1.82, 2.24) is 15.0 Å². The van der Waals surface area contributed by atoms with Crippen molar-refractivity contribution in [3.8, 4) is 0 Å². The Labute approximate surface area is 109 Å². The fourth-order valence-corrected chi connectivity index (χ4v) is 1.92. The van der Waals surface area contributed by atoms with E-state index in [9.17, 15) is 0 Å². The van der Waals surface area contributed by atoms with Crippen LogP contribution in [0.4, 0.5) is 0 Å². The van der Waals surface area contributed by atoms with Gasteiger partial charge in [0, 0.05) is 5.33 Å². The van der Waals surface area contributed by atoms with Crippen LogP contribution in [-0.2, 0) is 23.2 Å². The summed E-state index contributed by atoms with van der Waals surface area (Å²) in [4.78, 5) is 0. The van der Waals surface area contributed by atoms with Crippen molar-refractivity contribution in [2.75, 3.05) is 6.61 Å². The van der Waals surface area contributed by atoms with Gasteiger partial charge in [-0.2, -0.15) is 0 Å². The second-order valence-electron chi connectivity index (χ2n) is 3.62. The molecule has 0 unspecified atom stereocenters. The molecule has 1 aromatic carbocycles. The normalized spacial score (nSPS) is 10.6. The molecule has 0 aliphatic carbocycles. The molecule has 0 atom stereocenters. The molecule has 0 aliphatic heterocycles. The van der Waals surface area contributed by atoms with E-state index < -0.39 is 0 Å². The van der Waals surface area contributed by atoms with E-state index in [1.807, 2.05) is 22.9 Å². The molecule has 2 aromatic rings. The maximum atomic E-state index is 5.59. The van der Waals surface area contributed by atoms with Crippen molar-refractivity contribution >= 4 is 15.9 Å². The minimum atomic E-state index is 0.637. The van der Waals surface area contributed by atoms with Crippen LogP contribution in [0.1, 0.15) is 11.3 Å². The Kier molecular flexibility index (Phi) is 4.70. The first kappa shape index (κ1) is 12.3. The molecule has 1 aromatic heterocycles. The molecule has 0 spiro atoms. The Balaban J connectivity index is 1.73. The van der Waals surface area contributed by atoms with Gasteiger partial charge in [0.25, 0.3) is 0 Å². The van der Waals surface area contributed by atoms with E-state index in [1.54, 1.807) is 6.20 Å². The summed E-state index contributed by atoms with van der Waals surface area (Å²) in [5.41, 5.74) is 2.25. The van der Waals surface area contributed by atoms with E-state index in [4.69, 9.17) is 4.74 Å². The van der Waals surface area contributed by atoms with E-state index >= 15 is 0 Å². The third-order valence-corrected chi connectivity index (χ3v) is 2.97. The zero-order valence-electron chi connectivity index (χ0n) is 9.42. The lowest BCUT2D eigenvalue weighted by atomic mass is 10.2. The standard InChI is InChI=1S/C12H14BrN3O/c13-8-12-9-14-15-16(12)6-7-17-10-11-4-2-1-3-5-11/h1-5,9H,6-8,10H2. The molecule has 0 bridgehead atoms. The fraction of sp³-hybridized carbons (Fsp3) is 0.333. The molecule has 2 rings (SSSR count). The van der Waals surface area contributed by atoms with Gasteiger partial charge in [-0.25, -0.2) is 4.68 Å². The largest absolute Gasteiger partial charge is 0.375 e. The number of hydrogen-bond acceptors (Lipinski definition) is 3. The number of halogens is 1. The van der Waals surface area contributed by atoms with Crippen LogP contribution in [0.2, 0.25) is 0 Å². The zero-order chi connectivity index (χ0) is 11.9. The van der Waals surface area contributed by atoms with Gasteiger partial charge in [-0.05, 0) is 5.56 Å². The fourth-order valence-electron chi connectivity index (χ4n) is 1.49. The van der Waals surface area contributed by atoms with E-state index in [1.165, 1.54) is 5.56 Å². The Hall–Kier alpha value is -1.20.